The van der Waals surface area contributed by atoms with Crippen molar-refractivity contribution in [3.63, 3.8) is 0 Å². The molecule has 0 saturated heterocycles. The minimum absolute atomic E-state index is 0.990. The van der Waals surface area contributed by atoms with Crippen molar-refractivity contribution in [3.8, 4) is 16.9 Å². The van der Waals surface area contributed by atoms with Gasteiger partial charge < -0.3 is 0 Å². The predicted octanol–water partition coefficient (Wildman–Crippen LogP) is 4.01. The van der Waals surface area contributed by atoms with Gasteiger partial charge >= 0.3 is 0 Å². The van der Waals surface area contributed by atoms with E-state index in [0.717, 1.165) is 27.0 Å². The monoisotopic (exact) mass is 313 g/mol. The topological polar surface area (TPSA) is 30.7 Å². The van der Waals surface area contributed by atoms with Crippen molar-refractivity contribution in [3.05, 3.63) is 65.0 Å². The van der Waals surface area contributed by atoms with Crippen LogP contribution in [0.2, 0.25) is 0 Å². The van der Waals surface area contributed by atoms with Gasteiger partial charge in [-0.05, 0) is 30.7 Å². The average Bonchev–Trinajstić information content (AvgIpc) is 2.82. The number of nitrogens with zero attached hydrogens (tertiary/aromatic N) is 3. The zero-order chi connectivity index (χ0) is 13.2. The molecule has 0 spiro atoms. The second-order valence-corrected chi connectivity index (χ2v) is 5.14. The minimum Gasteiger partial charge on any atom is -0.265 e. The van der Waals surface area contributed by atoms with Crippen LogP contribution < -0.4 is 0 Å². The zero-order valence-electron chi connectivity index (χ0n) is 10.4. The van der Waals surface area contributed by atoms with E-state index in [1.807, 2.05) is 41.2 Å². The van der Waals surface area contributed by atoms with Gasteiger partial charge in [-0.1, -0.05) is 34.1 Å². The van der Waals surface area contributed by atoms with Crippen molar-refractivity contribution in [2.24, 2.45) is 0 Å². The molecule has 4 heteroatoms. The van der Waals surface area contributed by atoms with Crippen LogP contribution in [0.5, 0.6) is 0 Å². The van der Waals surface area contributed by atoms with Crippen molar-refractivity contribution in [1.29, 1.82) is 0 Å². The van der Waals surface area contributed by atoms with E-state index < -0.39 is 0 Å². The maximum Gasteiger partial charge on any atom is 0.0968 e. The first-order chi connectivity index (χ1) is 9.25. The Bertz CT molecular complexity index is 704. The molecule has 0 aliphatic carbocycles. The van der Waals surface area contributed by atoms with E-state index in [2.05, 4.69) is 39.0 Å². The number of aromatic nitrogens is 3. The number of benzene rings is 1. The molecule has 3 nitrogen and oxygen atoms in total. The molecule has 0 saturated carbocycles. The first kappa shape index (κ1) is 12.1. The molecule has 0 fully saturated rings. The highest BCUT2D eigenvalue weighted by atomic mass is 79.9. The van der Waals surface area contributed by atoms with Gasteiger partial charge in [0.05, 0.1) is 11.4 Å². The Morgan fingerprint density at radius 1 is 1.05 bits per heavy atom. The number of hydrogen-bond donors (Lipinski definition) is 0. The predicted molar refractivity (Wildman–Crippen MR) is 79.2 cm³/mol. The van der Waals surface area contributed by atoms with Crippen LogP contribution in [0.4, 0.5) is 0 Å². The maximum atomic E-state index is 4.67. The van der Waals surface area contributed by atoms with Crippen molar-refractivity contribution in [2.45, 2.75) is 6.92 Å². The molecule has 2 aromatic heterocycles. The van der Waals surface area contributed by atoms with Crippen molar-refractivity contribution < 1.29 is 0 Å². The lowest BCUT2D eigenvalue weighted by Crippen LogP contribution is -1.94. The molecule has 0 unspecified atom stereocenters. The molecule has 0 atom stereocenters. The van der Waals surface area contributed by atoms with Crippen molar-refractivity contribution >= 4 is 15.9 Å². The van der Waals surface area contributed by atoms with E-state index in [4.69, 9.17) is 0 Å². The van der Waals surface area contributed by atoms with Crippen LogP contribution in [0, 0.1) is 6.92 Å². The zero-order valence-corrected chi connectivity index (χ0v) is 12.0. The molecule has 0 aliphatic heterocycles. The van der Waals surface area contributed by atoms with E-state index >= 15 is 0 Å². The molecule has 0 amide bonds. The third-order valence-electron chi connectivity index (χ3n) is 2.95. The Labute approximate surface area is 120 Å². The summed E-state index contributed by atoms with van der Waals surface area (Å²) in [6.45, 7) is 2.07. The molecular weight excluding hydrogens is 302 g/mol. The second-order valence-electron chi connectivity index (χ2n) is 4.29. The van der Waals surface area contributed by atoms with Gasteiger partial charge in [0.25, 0.3) is 0 Å². The van der Waals surface area contributed by atoms with Gasteiger partial charge in [0.2, 0.25) is 0 Å². The summed E-state index contributed by atoms with van der Waals surface area (Å²) in [5, 5.41) is 4.67. The molecule has 3 aromatic rings. The van der Waals surface area contributed by atoms with Gasteiger partial charge in [0, 0.05) is 28.6 Å². The van der Waals surface area contributed by atoms with Crippen LogP contribution in [-0.2, 0) is 0 Å². The fourth-order valence-electron chi connectivity index (χ4n) is 2.01. The number of halogens is 1. The second kappa shape index (κ2) is 4.97. The lowest BCUT2D eigenvalue weighted by molar-refractivity contribution is 0.880. The summed E-state index contributed by atoms with van der Waals surface area (Å²) >= 11 is 3.57. The third kappa shape index (κ3) is 2.31. The quantitative estimate of drug-likeness (QED) is 0.715. The Balaban J connectivity index is 2.11. The molecule has 0 bridgehead atoms. The fourth-order valence-corrected chi connectivity index (χ4v) is 2.48. The van der Waals surface area contributed by atoms with Gasteiger partial charge in [-0.15, -0.1) is 0 Å². The molecule has 1 aromatic carbocycles. The molecule has 0 N–H and O–H groups in total. The molecule has 2 heterocycles. The third-order valence-corrected chi connectivity index (χ3v) is 3.64. The summed E-state index contributed by atoms with van der Waals surface area (Å²) in [6.07, 6.45) is 5.57. The highest BCUT2D eigenvalue weighted by molar-refractivity contribution is 9.10. The lowest BCUT2D eigenvalue weighted by atomic mass is 10.1. The van der Waals surface area contributed by atoms with Crippen LogP contribution in [0.1, 0.15) is 5.56 Å². The average molecular weight is 314 g/mol. The van der Waals surface area contributed by atoms with Crippen molar-refractivity contribution in [2.75, 3.05) is 0 Å². The number of rotatable bonds is 2. The van der Waals surface area contributed by atoms with Crippen LogP contribution >= 0.6 is 15.9 Å². The molecular formula is C15H12BrN3. The smallest absolute Gasteiger partial charge is 0.0968 e. The van der Waals surface area contributed by atoms with E-state index in [-0.39, 0.29) is 0 Å². The summed E-state index contributed by atoms with van der Waals surface area (Å²) in [5.74, 6) is 0. The van der Waals surface area contributed by atoms with Gasteiger partial charge in [0.1, 0.15) is 0 Å². The van der Waals surface area contributed by atoms with E-state index in [1.165, 1.54) is 0 Å². The number of pyridine rings is 1. The molecule has 19 heavy (non-hydrogen) atoms. The molecule has 94 valence electrons. The number of aryl methyl sites for hydroxylation is 1. The first-order valence-corrected chi connectivity index (χ1v) is 6.76. The van der Waals surface area contributed by atoms with E-state index in [9.17, 15) is 0 Å². The molecule has 0 radical (unpaired) electrons. The van der Waals surface area contributed by atoms with Crippen LogP contribution in [0.25, 0.3) is 16.9 Å². The standard InChI is InChI=1S/C15H12BrN3/c1-11-10-19(12-6-8-17-9-7-12)18-15(11)13-4-2-3-5-14(13)16/h2-10H,1H3. The van der Waals surface area contributed by atoms with Crippen LogP contribution in [0.15, 0.2) is 59.5 Å². The first-order valence-electron chi connectivity index (χ1n) is 5.97. The largest absolute Gasteiger partial charge is 0.265 e. The van der Waals surface area contributed by atoms with E-state index in [0.29, 0.717) is 0 Å². The van der Waals surface area contributed by atoms with Gasteiger partial charge in [0.15, 0.2) is 0 Å². The summed E-state index contributed by atoms with van der Waals surface area (Å²) < 4.78 is 2.93. The van der Waals surface area contributed by atoms with Gasteiger partial charge in [-0.3, -0.25) is 4.98 Å². The Kier molecular flexibility index (Phi) is 3.17. The Morgan fingerprint density at radius 2 is 1.79 bits per heavy atom. The molecule has 3 rings (SSSR count). The minimum atomic E-state index is 0.990. The lowest BCUT2D eigenvalue weighted by Gasteiger charge is -2.02. The van der Waals surface area contributed by atoms with Crippen LogP contribution in [-0.4, -0.2) is 14.8 Å². The van der Waals surface area contributed by atoms with Gasteiger partial charge in [-0.2, -0.15) is 5.10 Å². The van der Waals surface area contributed by atoms with Crippen LogP contribution in [0.3, 0.4) is 0 Å². The SMILES string of the molecule is Cc1cn(-c2ccncc2)nc1-c1ccccc1Br. The summed E-state index contributed by atoms with van der Waals surface area (Å²) in [5.41, 5.74) is 4.25. The summed E-state index contributed by atoms with van der Waals surface area (Å²) in [7, 11) is 0. The fraction of sp³-hybridized carbons (Fsp3) is 0.0667. The Hall–Kier alpha value is -1.94. The normalized spacial score (nSPS) is 10.6. The molecule has 0 aliphatic rings. The van der Waals surface area contributed by atoms with E-state index in [1.54, 1.807) is 12.4 Å². The Morgan fingerprint density at radius 3 is 2.53 bits per heavy atom. The maximum absolute atomic E-state index is 4.67. The number of hydrogen-bond acceptors (Lipinski definition) is 2. The summed E-state index contributed by atoms with van der Waals surface area (Å²) in [4.78, 5) is 4.02. The van der Waals surface area contributed by atoms with Gasteiger partial charge in [-0.25, -0.2) is 4.68 Å². The highest BCUT2D eigenvalue weighted by Crippen LogP contribution is 2.29. The van der Waals surface area contributed by atoms with Crippen molar-refractivity contribution in [1.82, 2.24) is 14.8 Å². The summed E-state index contributed by atoms with van der Waals surface area (Å²) in [6, 6.07) is 12.0. The highest BCUT2D eigenvalue weighted by Gasteiger charge is 2.11.